The summed E-state index contributed by atoms with van der Waals surface area (Å²) in [4.78, 5) is 32.1. The van der Waals surface area contributed by atoms with E-state index in [0.29, 0.717) is 31.5 Å². The van der Waals surface area contributed by atoms with Crippen LogP contribution in [0.1, 0.15) is 34.5 Å². The standard InChI is InChI=1S/C24H25N3O2/c1-16-8-9-22-19(14-16)15-21(17(2)25-22)24(29)27-12-10-18(11-13-27)23(28)26-20-6-4-3-5-7-20/h3-9,14-15,18H,10-13H2,1-2H3,(H,26,28). The molecule has 148 valence electrons. The lowest BCUT2D eigenvalue weighted by Crippen LogP contribution is -2.41. The zero-order chi connectivity index (χ0) is 20.4. The quantitative estimate of drug-likeness (QED) is 0.727. The van der Waals surface area contributed by atoms with Crippen molar-refractivity contribution in [2.45, 2.75) is 26.7 Å². The number of nitrogens with zero attached hydrogens (tertiary/aromatic N) is 2. The van der Waals surface area contributed by atoms with Crippen molar-refractivity contribution < 1.29 is 9.59 Å². The Balaban J connectivity index is 1.43. The number of benzene rings is 2. The van der Waals surface area contributed by atoms with Crippen molar-refractivity contribution in [3.8, 4) is 0 Å². The van der Waals surface area contributed by atoms with Gasteiger partial charge in [-0.3, -0.25) is 14.6 Å². The van der Waals surface area contributed by atoms with E-state index >= 15 is 0 Å². The number of nitrogens with one attached hydrogen (secondary N) is 1. The largest absolute Gasteiger partial charge is 0.339 e. The van der Waals surface area contributed by atoms with Crippen LogP contribution >= 0.6 is 0 Å². The Morgan fingerprint density at radius 2 is 1.72 bits per heavy atom. The molecule has 2 amide bonds. The van der Waals surface area contributed by atoms with Gasteiger partial charge in [0.2, 0.25) is 5.91 Å². The zero-order valence-corrected chi connectivity index (χ0v) is 16.8. The molecule has 2 heterocycles. The van der Waals surface area contributed by atoms with Crippen molar-refractivity contribution in [2.75, 3.05) is 18.4 Å². The second kappa shape index (κ2) is 8.03. The molecule has 1 fully saturated rings. The second-order valence-corrected chi connectivity index (χ2v) is 7.74. The van der Waals surface area contributed by atoms with E-state index in [4.69, 9.17) is 0 Å². The number of hydrogen-bond acceptors (Lipinski definition) is 3. The predicted octanol–water partition coefficient (Wildman–Crippen LogP) is 4.34. The number of amides is 2. The van der Waals surface area contributed by atoms with Gasteiger partial charge >= 0.3 is 0 Å². The smallest absolute Gasteiger partial charge is 0.255 e. The molecule has 1 aromatic heterocycles. The number of aryl methyl sites for hydroxylation is 2. The van der Waals surface area contributed by atoms with Crippen LogP contribution in [0.2, 0.25) is 0 Å². The fraction of sp³-hybridized carbons (Fsp3) is 0.292. The van der Waals surface area contributed by atoms with Gasteiger partial charge in [0, 0.05) is 30.1 Å². The molecule has 0 unspecified atom stereocenters. The average molecular weight is 387 g/mol. The van der Waals surface area contributed by atoms with Crippen LogP contribution in [0.25, 0.3) is 10.9 Å². The van der Waals surface area contributed by atoms with Crippen molar-refractivity contribution in [1.29, 1.82) is 0 Å². The van der Waals surface area contributed by atoms with Crippen LogP contribution in [0.4, 0.5) is 5.69 Å². The number of likely N-dealkylation sites (tertiary alicyclic amines) is 1. The molecule has 1 aliphatic rings. The Labute approximate surface area is 170 Å². The minimum atomic E-state index is -0.0715. The number of piperidine rings is 1. The number of aromatic nitrogens is 1. The van der Waals surface area contributed by atoms with Crippen LogP contribution in [-0.4, -0.2) is 34.8 Å². The average Bonchev–Trinajstić information content (AvgIpc) is 2.74. The molecule has 1 saturated heterocycles. The molecule has 1 aliphatic heterocycles. The molecule has 5 heteroatoms. The highest BCUT2D eigenvalue weighted by molar-refractivity contribution is 5.99. The van der Waals surface area contributed by atoms with E-state index in [1.54, 1.807) is 0 Å². The summed E-state index contributed by atoms with van der Waals surface area (Å²) < 4.78 is 0. The van der Waals surface area contributed by atoms with E-state index in [-0.39, 0.29) is 17.7 Å². The molecular formula is C24H25N3O2. The molecule has 4 rings (SSSR count). The third kappa shape index (κ3) is 4.14. The topological polar surface area (TPSA) is 62.3 Å². The highest BCUT2D eigenvalue weighted by Crippen LogP contribution is 2.24. The molecule has 1 N–H and O–H groups in total. The van der Waals surface area contributed by atoms with Gasteiger partial charge in [-0.05, 0) is 57.0 Å². The molecule has 0 aliphatic carbocycles. The first kappa shape index (κ1) is 19.1. The van der Waals surface area contributed by atoms with Gasteiger partial charge in [0.15, 0.2) is 0 Å². The Hall–Kier alpha value is -3.21. The predicted molar refractivity (Wildman–Crippen MR) is 115 cm³/mol. The monoisotopic (exact) mass is 387 g/mol. The summed E-state index contributed by atoms with van der Waals surface area (Å²) in [7, 11) is 0. The first-order valence-electron chi connectivity index (χ1n) is 10.0. The van der Waals surface area contributed by atoms with Gasteiger partial charge in [0.1, 0.15) is 0 Å². The number of hydrogen-bond donors (Lipinski definition) is 1. The number of carbonyl (C=O) groups excluding carboxylic acids is 2. The van der Waals surface area contributed by atoms with Crippen molar-refractivity contribution in [1.82, 2.24) is 9.88 Å². The number of carbonyl (C=O) groups is 2. The first-order chi connectivity index (χ1) is 14.0. The van der Waals surface area contributed by atoms with Gasteiger partial charge in [0.25, 0.3) is 5.91 Å². The van der Waals surface area contributed by atoms with E-state index in [9.17, 15) is 9.59 Å². The zero-order valence-electron chi connectivity index (χ0n) is 16.8. The van der Waals surface area contributed by atoms with Gasteiger partial charge in [-0.25, -0.2) is 0 Å². The van der Waals surface area contributed by atoms with Crippen molar-refractivity contribution in [2.24, 2.45) is 5.92 Å². The lowest BCUT2D eigenvalue weighted by molar-refractivity contribution is -0.121. The number of anilines is 1. The highest BCUT2D eigenvalue weighted by Gasteiger charge is 2.28. The van der Waals surface area contributed by atoms with Crippen LogP contribution in [-0.2, 0) is 4.79 Å². The van der Waals surface area contributed by atoms with Crippen molar-refractivity contribution >= 4 is 28.4 Å². The third-order valence-corrected chi connectivity index (χ3v) is 5.59. The molecule has 0 bridgehead atoms. The number of para-hydroxylation sites is 1. The van der Waals surface area contributed by atoms with Crippen molar-refractivity contribution in [3.63, 3.8) is 0 Å². The molecule has 0 atom stereocenters. The molecular weight excluding hydrogens is 362 g/mol. The number of fused-ring (bicyclic) bond motifs is 1. The van der Waals surface area contributed by atoms with Gasteiger partial charge in [0.05, 0.1) is 16.8 Å². The maximum Gasteiger partial charge on any atom is 0.255 e. The third-order valence-electron chi connectivity index (χ3n) is 5.59. The van der Waals surface area contributed by atoms with Gasteiger partial charge in [-0.2, -0.15) is 0 Å². The lowest BCUT2D eigenvalue weighted by Gasteiger charge is -2.31. The van der Waals surface area contributed by atoms with Crippen LogP contribution in [0, 0.1) is 19.8 Å². The highest BCUT2D eigenvalue weighted by atomic mass is 16.2. The minimum absolute atomic E-state index is 0.000300. The fourth-order valence-electron chi connectivity index (χ4n) is 3.89. The van der Waals surface area contributed by atoms with Crippen LogP contribution in [0.5, 0.6) is 0 Å². The maximum atomic E-state index is 13.1. The summed E-state index contributed by atoms with van der Waals surface area (Å²) >= 11 is 0. The Morgan fingerprint density at radius 1 is 1.00 bits per heavy atom. The molecule has 29 heavy (non-hydrogen) atoms. The van der Waals surface area contributed by atoms with Gasteiger partial charge in [-0.1, -0.05) is 29.8 Å². The van der Waals surface area contributed by atoms with E-state index < -0.39 is 0 Å². The Bertz CT molecular complexity index is 1050. The fourth-order valence-corrected chi connectivity index (χ4v) is 3.89. The Morgan fingerprint density at radius 3 is 2.45 bits per heavy atom. The summed E-state index contributed by atoms with van der Waals surface area (Å²) in [6, 6.07) is 17.5. The molecule has 0 saturated carbocycles. The van der Waals surface area contributed by atoms with E-state index in [1.165, 1.54) is 0 Å². The van der Waals surface area contributed by atoms with Crippen molar-refractivity contribution in [3.05, 3.63) is 71.4 Å². The maximum absolute atomic E-state index is 13.1. The van der Waals surface area contributed by atoms with Gasteiger partial charge < -0.3 is 10.2 Å². The van der Waals surface area contributed by atoms with Crippen LogP contribution in [0.3, 0.4) is 0 Å². The molecule has 2 aromatic carbocycles. The van der Waals surface area contributed by atoms with Gasteiger partial charge in [-0.15, -0.1) is 0 Å². The molecule has 0 radical (unpaired) electrons. The lowest BCUT2D eigenvalue weighted by atomic mass is 9.95. The summed E-state index contributed by atoms with van der Waals surface area (Å²) in [6.07, 6.45) is 1.34. The minimum Gasteiger partial charge on any atom is -0.339 e. The summed E-state index contributed by atoms with van der Waals surface area (Å²) in [6.45, 7) is 5.08. The SMILES string of the molecule is Cc1ccc2nc(C)c(C(=O)N3CCC(C(=O)Nc4ccccc4)CC3)cc2c1. The van der Waals surface area contributed by atoms with E-state index in [0.717, 1.165) is 27.8 Å². The van der Waals surface area contributed by atoms with Crippen LogP contribution < -0.4 is 5.32 Å². The molecule has 5 nitrogen and oxygen atoms in total. The second-order valence-electron chi connectivity index (χ2n) is 7.74. The van der Waals surface area contributed by atoms with Crippen LogP contribution in [0.15, 0.2) is 54.6 Å². The van der Waals surface area contributed by atoms with E-state index in [2.05, 4.69) is 16.4 Å². The first-order valence-corrected chi connectivity index (χ1v) is 10.0. The summed E-state index contributed by atoms with van der Waals surface area (Å²) in [5, 5.41) is 3.95. The van der Waals surface area contributed by atoms with E-state index in [1.807, 2.05) is 67.3 Å². The number of pyridine rings is 1. The Kier molecular flexibility index (Phi) is 5.30. The number of rotatable bonds is 3. The summed E-state index contributed by atoms with van der Waals surface area (Å²) in [5.74, 6) is -0.0413. The molecule has 0 spiro atoms. The summed E-state index contributed by atoms with van der Waals surface area (Å²) in [5.41, 5.74) is 4.25. The molecule has 3 aromatic rings. The normalized spacial score (nSPS) is 14.8.